The molecule has 0 radical (unpaired) electrons. The smallest absolute Gasteiger partial charge is 0.319 e. The normalized spacial score (nSPS) is 19.1. The van der Waals surface area contributed by atoms with Gasteiger partial charge in [-0.2, -0.15) is 0 Å². The molecule has 0 bridgehead atoms. The SMILES string of the molecule is C=C1NC(=O)N[C@@H](c2cc(C)ccc2C)[C@H]1C(=O)Nc1ccc(OC)cc1. The molecule has 0 aromatic heterocycles. The third-order valence-electron chi connectivity index (χ3n) is 4.68. The van der Waals surface area contributed by atoms with Crippen molar-refractivity contribution >= 4 is 17.6 Å². The quantitative estimate of drug-likeness (QED) is 0.777. The summed E-state index contributed by atoms with van der Waals surface area (Å²) >= 11 is 0. The highest BCUT2D eigenvalue weighted by Gasteiger charge is 2.38. The van der Waals surface area contributed by atoms with Crippen molar-refractivity contribution in [3.8, 4) is 5.75 Å². The minimum Gasteiger partial charge on any atom is -0.497 e. The van der Waals surface area contributed by atoms with Crippen LogP contribution >= 0.6 is 0 Å². The molecule has 0 aliphatic carbocycles. The van der Waals surface area contributed by atoms with E-state index < -0.39 is 12.0 Å². The molecule has 6 nitrogen and oxygen atoms in total. The monoisotopic (exact) mass is 365 g/mol. The van der Waals surface area contributed by atoms with Gasteiger partial charge in [-0.15, -0.1) is 0 Å². The van der Waals surface area contributed by atoms with Crippen LogP contribution in [0.25, 0.3) is 0 Å². The predicted octanol–water partition coefficient (Wildman–Crippen LogP) is 3.43. The number of carbonyl (C=O) groups excluding carboxylic acids is 2. The predicted molar refractivity (Wildman–Crippen MR) is 105 cm³/mol. The van der Waals surface area contributed by atoms with Crippen molar-refractivity contribution in [2.24, 2.45) is 5.92 Å². The maximum Gasteiger partial charge on any atom is 0.319 e. The van der Waals surface area contributed by atoms with E-state index in [0.29, 0.717) is 17.1 Å². The highest BCUT2D eigenvalue weighted by molar-refractivity contribution is 5.97. The number of rotatable bonds is 4. The minimum absolute atomic E-state index is 0.247. The van der Waals surface area contributed by atoms with Crippen LogP contribution in [0, 0.1) is 19.8 Å². The van der Waals surface area contributed by atoms with Crippen LogP contribution in [-0.2, 0) is 4.79 Å². The van der Waals surface area contributed by atoms with E-state index in [2.05, 4.69) is 22.5 Å². The summed E-state index contributed by atoms with van der Waals surface area (Å²) in [7, 11) is 1.59. The van der Waals surface area contributed by atoms with Gasteiger partial charge in [-0.3, -0.25) is 4.79 Å². The van der Waals surface area contributed by atoms with Crippen LogP contribution in [0.1, 0.15) is 22.7 Å². The highest BCUT2D eigenvalue weighted by Crippen LogP contribution is 2.32. The first-order valence-corrected chi connectivity index (χ1v) is 8.67. The molecule has 3 rings (SSSR count). The number of carbonyl (C=O) groups is 2. The number of nitrogens with one attached hydrogen (secondary N) is 3. The molecule has 1 heterocycles. The average Bonchev–Trinajstić information content (AvgIpc) is 2.63. The van der Waals surface area contributed by atoms with Crippen LogP contribution in [0.5, 0.6) is 5.75 Å². The third kappa shape index (κ3) is 3.95. The van der Waals surface area contributed by atoms with E-state index in [0.717, 1.165) is 16.7 Å². The van der Waals surface area contributed by atoms with Gasteiger partial charge in [0.15, 0.2) is 0 Å². The van der Waals surface area contributed by atoms with Crippen LogP contribution in [-0.4, -0.2) is 19.0 Å². The van der Waals surface area contributed by atoms with Crippen LogP contribution in [0.3, 0.4) is 0 Å². The zero-order valence-corrected chi connectivity index (χ0v) is 15.6. The van der Waals surface area contributed by atoms with E-state index in [4.69, 9.17) is 4.74 Å². The Kier molecular flexibility index (Phi) is 5.16. The molecule has 2 aromatic carbocycles. The van der Waals surface area contributed by atoms with Crippen molar-refractivity contribution in [3.63, 3.8) is 0 Å². The lowest BCUT2D eigenvalue weighted by Crippen LogP contribution is -2.52. The lowest BCUT2D eigenvalue weighted by atomic mass is 9.85. The number of urea groups is 1. The van der Waals surface area contributed by atoms with Crippen molar-refractivity contribution in [1.82, 2.24) is 10.6 Å². The van der Waals surface area contributed by atoms with Crippen molar-refractivity contribution < 1.29 is 14.3 Å². The molecule has 27 heavy (non-hydrogen) atoms. The fourth-order valence-corrected chi connectivity index (χ4v) is 3.24. The Morgan fingerprint density at radius 1 is 1.15 bits per heavy atom. The van der Waals surface area contributed by atoms with Gasteiger partial charge in [-0.25, -0.2) is 4.79 Å². The number of amides is 3. The first kappa shape index (κ1) is 18.5. The van der Waals surface area contributed by atoms with Gasteiger partial charge in [-0.1, -0.05) is 30.3 Å². The van der Waals surface area contributed by atoms with Gasteiger partial charge in [0.2, 0.25) is 5.91 Å². The lowest BCUT2D eigenvalue weighted by molar-refractivity contribution is -0.119. The van der Waals surface area contributed by atoms with Gasteiger partial charge in [0.1, 0.15) is 11.7 Å². The maximum atomic E-state index is 13.0. The summed E-state index contributed by atoms with van der Waals surface area (Å²) in [6, 6.07) is 12.2. The van der Waals surface area contributed by atoms with Gasteiger partial charge in [-0.05, 0) is 49.2 Å². The number of benzene rings is 2. The summed E-state index contributed by atoms with van der Waals surface area (Å²) in [5.41, 5.74) is 3.98. The summed E-state index contributed by atoms with van der Waals surface area (Å²) in [5.74, 6) is -0.189. The van der Waals surface area contributed by atoms with Crippen molar-refractivity contribution in [1.29, 1.82) is 0 Å². The molecule has 2 atom stereocenters. The summed E-state index contributed by atoms with van der Waals surface area (Å²) in [5, 5.41) is 8.39. The van der Waals surface area contributed by atoms with Crippen LogP contribution in [0.15, 0.2) is 54.7 Å². The summed E-state index contributed by atoms with van der Waals surface area (Å²) in [4.78, 5) is 25.0. The van der Waals surface area contributed by atoms with Crippen molar-refractivity contribution in [2.75, 3.05) is 12.4 Å². The Morgan fingerprint density at radius 3 is 2.52 bits per heavy atom. The molecule has 1 aliphatic rings. The van der Waals surface area contributed by atoms with E-state index in [1.807, 2.05) is 32.0 Å². The average molecular weight is 365 g/mol. The fourth-order valence-electron chi connectivity index (χ4n) is 3.24. The van der Waals surface area contributed by atoms with Gasteiger partial charge in [0.05, 0.1) is 13.2 Å². The Balaban J connectivity index is 1.91. The Hall–Kier alpha value is -3.28. The number of methoxy groups -OCH3 is 1. The largest absolute Gasteiger partial charge is 0.497 e. The van der Waals surface area contributed by atoms with Gasteiger partial charge in [0, 0.05) is 11.4 Å². The zero-order chi connectivity index (χ0) is 19.6. The number of hydrogen-bond donors (Lipinski definition) is 3. The molecule has 1 aliphatic heterocycles. The minimum atomic E-state index is -0.648. The van der Waals surface area contributed by atoms with E-state index >= 15 is 0 Å². The molecule has 0 spiro atoms. The summed E-state index contributed by atoms with van der Waals surface area (Å²) in [6.45, 7) is 7.85. The second kappa shape index (κ2) is 7.53. The molecule has 2 aromatic rings. The molecular weight excluding hydrogens is 342 g/mol. The second-order valence-electron chi connectivity index (χ2n) is 6.66. The molecular formula is C21H23N3O3. The van der Waals surface area contributed by atoms with Gasteiger partial charge in [0.25, 0.3) is 0 Å². The number of anilines is 1. The molecule has 1 saturated heterocycles. The van der Waals surface area contributed by atoms with Gasteiger partial charge >= 0.3 is 6.03 Å². The molecule has 1 fully saturated rings. The summed E-state index contributed by atoms with van der Waals surface area (Å²) in [6.07, 6.45) is 0. The van der Waals surface area contributed by atoms with Crippen LogP contribution in [0.2, 0.25) is 0 Å². The molecule has 0 saturated carbocycles. The number of ether oxygens (including phenoxy) is 1. The lowest BCUT2D eigenvalue weighted by Gasteiger charge is -2.34. The fraction of sp³-hybridized carbons (Fsp3) is 0.238. The Bertz CT molecular complexity index is 890. The second-order valence-corrected chi connectivity index (χ2v) is 6.66. The molecule has 0 unspecified atom stereocenters. The van der Waals surface area contributed by atoms with Crippen molar-refractivity contribution in [2.45, 2.75) is 19.9 Å². The number of hydrogen-bond acceptors (Lipinski definition) is 3. The van der Waals surface area contributed by atoms with E-state index in [1.54, 1.807) is 31.4 Å². The maximum absolute atomic E-state index is 13.0. The van der Waals surface area contributed by atoms with E-state index in [-0.39, 0.29) is 11.9 Å². The Labute approximate surface area is 158 Å². The Morgan fingerprint density at radius 2 is 1.85 bits per heavy atom. The molecule has 6 heteroatoms. The van der Waals surface area contributed by atoms with E-state index in [1.165, 1.54) is 0 Å². The highest BCUT2D eigenvalue weighted by atomic mass is 16.5. The molecule has 3 amide bonds. The van der Waals surface area contributed by atoms with Gasteiger partial charge < -0.3 is 20.7 Å². The molecule has 3 N–H and O–H groups in total. The first-order valence-electron chi connectivity index (χ1n) is 8.67. The number of aryl methyl sites for hydroxylation is 2. The standard InChI is InChI=1S/C21H23N3O3/c1-12-5-6-13(2)17(11-12)19-18(14(3)22-21(26)24-19)20(25)23-15-7-9-16(27-4)10-8-15/h5-11,18-19H,3H2,1-2,4H3,(H,23,25)(H2,22,24,26)/t18-,19-/m0/s1. The van der Waals surface area contributed by atoms with Crippen LogP contribution in [0.4, 0.5) is 10.5 Å². The zero-order valence-electron chi connectivity index (χ0n) is 15.6. The van der Waals surface area contributed by atoms with E-state index in [9.17, 15) is 9.59 Å². The summed E-state index contributed by atoms with van der Waals surface area (Å²) < 4.78 is 5.13. The third-order valence-corrected chi connectivity index (χ3v) is 4.68. The first-order chi connectivity index (χ1) is 12.9. The van der Waals surface area contributed by atoms with Crippen molar-refractivity contribution in [3.05, 3.63) is 71.4 Å². The topological polar surface area (TPSA) is 79.5 Å². The van der Waals surface area contributed by atoms with Crippen LogP contribution < -0.4 is 20.7 Å². The molecule has 140 valence electrons.